The van der Waals surface area contributed by atoms with E-state index in [1.54, 1.807) is 0 Å². The number of hydrogen-bond acceptors (Lipinski definition) is 1. The highest BCUT2D eigenvalue weighted by atomic mass is 35.5. The summed E-state index contributed by atoms with van der Waals surface area (Å²) in [5.41, 5.74) is 2.67. The third-order valence-electron chi connectivity index (χ3n) is 2.38. The van der Waals surface area contributed by atoms with E-state index in [2.05, 4.69) is 0 Å². The Balaban J connectivity index is 3.20. The molecule has 84 valence electrons. The average Bonchev–Trinajstić information content (AvgIpc) is 1.99. The Morgan fingerprint density at radius 1 is 1.27 bits per heavy atom. The third kappa shape index (κ3) is 3.00. The SMILES string of the molecule is CCCP1(=O)C=C(C)C(=C(Cl)Cl)C(C)=C1. The first-order chi connectivity index (χ1) is 6.89. The summed E-state index contributed by atoms with van der Waals surface area (Å²) in [6.45, 7) is 5.84. The monoisotopic (exact) mass is 264 g/mol. The lowest BCUT2D eigenvalue weighted by Gasteiger charge is -2.20. The summed E-state index contributed by atoms with van der Waals surface area (Å²) in [7, 11) is -2.28. The van der Waals surface area contributed by atoms with Gasteiger partial charge in [-0.3, -0.25) is 0 Å². The Morgan fingerprint density at radius 3 is 2.07 bits per heavy atom. The van der Waals surface area contributed by atoms with Crippen molar-refractivity contribution < 1.29 is 4.57 Å². The van der Waals surface area contributed by atoms with Crippen LogP contribution in [-0.4, -0.2) is 6.16 Å². The maximum Gasteiger partial charge on any atom is 0.130 e. The molecule has 0 aromatic heterocycles. The summed E-state index contributed by atoms with van der Waals surface area (Å²) < 4.78 is 12.6. The van der Waals surface area contributed by atoms with Gasteiger partial charge in [0.15, 0.2) is 0 Å². The second kappa shape index (κ2) is 4.91. The molecule has 0 saturated heterocycles. The molecule has 0 fully saturated rings. The van der Waals surface area contributed by atoms with Gasteiger partial charge in [0.05, 0.1) is 0 Å². The van der Waals surface area contributed by atoms with Crippen molar-refractivity contribution in [2.75, 3.05) is 6.16 Å². The normalized spacial score (nSPS) is 26.1. The van der Waals surface area contributed by atoms with Crippen LogP contribution in [-0.2, 0) is 4.57 Å². The minimum Gasteiger partial charge on any atom is -0.315 e. The van der Waals surface area contributed by atoms with Gasteiger partial charge < -0.3 is 4.57 Å². The van der Waals surface area contributed by atoms with Gasteiger partial charge in [-0.15, -0.1) is 0 Å². The summed E-state index contributed by atoms with van der Waals surface area (Å²) in [6, 6.07) is 0. The summed E-state index contributed by atoms with van der Waals surface area (Å²) in [5, 5.41) is 0. The predicted molar refractivity (Wildman–Crippen MR) is 69.0 cm³/mol. The van der Waals surface area contributed by atoms with E-state index in [9.17, 15) is 4.57 Å². The van der Waals surface area contributed by atoms with E-state index in [1.165, 1.54) is 0 Å². The lowest BCUT2D eigenvalue weighted by molar-refractivity contribution is 0.585. The number of rotatable bonds is 2. The maximum absolute atomic E-state index is 12.4. The molecule has 1 aliphatic heterocycles. The van der Waals surface area contributed by atoms with Crippen LogP contribution >= 0.6 is 30.3 Å². The Kier molecular flexibility index (Phi) is 4.29. The second-order valence-corrected chi connectivity index (χ2v) is 7.46. The molecular formula is C11H15Cl2OP. The fourth-order valence-electron chi connectivity index (χ4n) is 1.91. The van der Waals surface area contributed by atoms with E-state index in [0.29, 0.717) is 0 Å². The van der Waals surface area contributed by atoms with Crippen LogP contribution in [0, 0.1) is 0 Å². The van der Waals surface area contributed by atoms with Gasteiger partial charge in [0.2, 0.25) is 0 Å². The summed E-state index contributed by atoms with van der Waals surface area (Å²) in [4.78, 5) is 0. The number of hydrogen-bond donors (Lipinski definition) is 0. The van der Waals surface area contributed by atoms with Gasteiger partial charge in [-0.2, -0.15) is 0 Å². The largest absolute Gasteiger partial charge is 0.315 e. The highest BCUT2D eigenvalue weighted by Crippen LogP contribution is 2.56. The third-order valence-corrected chi connectivity index (χ3v) is 5.55. The molecule has 1 aliphatic rings. The molecule has 1 heterocycles. The van der Waals surface area contributed by atoms with Crippen molar-refractivity contribution in [1.29, 1.82) is 0 Å². The highest BCUT2D eigenvalue weighted by Gasteiger charge is 2.23. The summed E-state index contributed by atoms with van der Waals surface area (Å²) >= 11 is 11.6. The summed E-state index contributed by atoms with van der Waals surface area (Å²) in [6.07, 6.45) is 1.63. The fourth-order valence-corrected chi connectivity index (χ4v) is 5.11. The molecule has 0 amide bonds. The lowest BCUT2D eigenvalue weighted by atomic mass is 10.1. The lowest BCUT2D eigenvalue weighted by Crippen LogP contribution is -1.97. The number of halogens is 2. The van der Waals surface area contributed by atoms with E-state index in [4.69, 9.17) is 23.2 Å². The van der Waals surface area contributed by atoms with Gasteiger partial charge in [-0.05, 0) is 43.0 Å². The van der Waals surface area contributed by atoms with Gasteiger partial charge in [-0.1, -0.05) is 30.1 Å². The van der Waals surface area contributed by atoms with Crippen LogP contribution in [0.5, 0.6) is 0 Å². The molecule has 4 heteroatoms. The van der Waals surface area contributed by atoms with Crippen molar-refractivity contribution in [1.82, 2.24) is 0 Å². The van der Waals surface area contributed by atoms with Crippen molar-refractivity contribution in [2.24, 2.45) is 0 Å². The van der Waals surface area contributed by atoms with Gasteiger partial charge in [0.1, 0.15) is 11.6 Å². The van der Waals surface area contributed by atoms with E-state index in [1.807, 2.05) is 32.4 Å². The molecule has 15 heavy (non-hydrogen) atoms. The Labute approximate surface area is 101 Å². The average molecular weight is 265 g/mol. The van der Waals surface area contributed by atoms with E-state index >= 15 is 0 Å². The van der Waals surface area contributed by atoms with Crippen molar-refractivity contribution in [2.45, 2.75) is 27.2 Å². The van der Waals surface area contributed by atoms with E-state index in [0.717, 1.165) is 29.3 Å². The maximum atomic E-state index is 12.4. The molecule has 0 atom stereocenters. The van der Waals surface area contributed by atoms with E-state index in [-0.39, 0.29) is 4.49 Å². The van der Waals surface area contributed by atoms with Crippen LogP contribution in [0.1, 0.15) is 27.2 Å². The van der Waals surface area contributed by atoms with Gasteiger partial charge >= 0.3 is 0 Å². The molecule has 0 aromatic rings. The molecule has 0 N–H and O–H groups in total. The van der Waals surface area contributed by atoms with Crippen LogP contribution in [0.15, 0.2) is 32.8 Å². The smallest absolute Gasteiger partial charge is 0.130 e. The van der Waals surface area contributed by atoms with Crippen LogP contribution in [0.25, 0.3) is 0 Å². The zero-order chi connectivity index (χ0) is 11.6. The van der Waals surface area contributed by atoms with Crippen LogP contribution < -0.4 is 0 Å². The molecule has 0 aliphatic carbocycles. The van der Waals surface area contributed by atoms with Gasteiger partial charge in [-0.25, -0.2) is 0 Å². The van der Waals surface area contributed by atoms with Crippen LogP contribution in [0.3, 0.4) is 0 Å². The zero-order valence-electron chi connectivity index (χ0n) is 9.18. The molecular weight excluding hydrogens is 250 g/mol. The molecule has 0 unspecified atom stereocenters. The molecule has 0 saturated carbocycles. The first-order valence-electron chi connectivity index (χ1n) is 4.93. The topological polar surface area (TPSA) is 17.1 Å². The molecule has 0 aromatic carbocycles. The highest BCUT2D eigenvalue weighted by molar-refractivity contribution is 7.70. The minimum absolute atomic E-state index is 0.250. The first-order valence-corrected chi connectivity index (χ1v) is 7.71. The quantitative estimate of drug-likeness (QED) is 0.621. The molecule has 0 spiro atoms. The van der Waals surface area contributed by atoms with Crippen LogP contribution in [0.4, 0.5) is 0 Å². The van der Waals surface area contributed by atoms with Gasteiger partial charge in [0.25, 0.3) is 0 Å². The first kappa shape index (κ1) is 13.1. The van der Waals surface area contributed by atoms with E-state index < -0.39 is 7.14 Å². The van der Waals surface area contributed by atoms with Crippen LogP contribution in [0.2, 0.25) is 0 Å². The minimum atomic E-state index is -2.28. The summed E-state index contributed by atoms with van der Waals surface area (Å²) in [5.74, 6) is 3.65. The van der Waals surface area contributed by atoms with Gasteiger partial charge in [0, 0.05) is 11.7 Å². The zero-order valence-corrected chi connectivity index (χ0v) is 11.6. The van der Waals surface area contributed by atoms with Crippen molar-refractivity contribution in [3.63, 3.8) is 0 Å². The van der Waals surface area contributed by atoms with Crippen molar-refractivity contribution in [3.8, 4) is 0 Å². The van der Waals surface area contributed by atoms with Crippen molar-refractivity contribution in [3.05, 3.63) is 32.8 Å². The molecule has 1 rings (SSSR count). The fraction of sp³-hybridized carbons (Fsp3) is 0.455. The second-order valence-electron chi connectivity index (χ2n) is 3.84. The Bertz CT molecular complexity index is 375. The molecule has 1 nitrogen and oxygen atoms in total. The predicted octanol–water partition coefficient (Wildman–Crippen LogP) is 5.27. The van der Waals surface area contributed by atoms with Crippen molar-refractivity contribution >= 4 is 30.3 Å². The Morgan fingerprint density at radius 2 is 1.73 bits per heavy atom. The molecule has 0 bridgehead atoms. The Hall–Kier alpha value is 0.0300. The number of allylic oxidation sites excluding steroid dienone is 3. The standard InChI is InChI=1S/C11H15Cl2OP/c1-4-5-15(14)6-8(2)10(11(12)13)9(3)7-15/h6-7H,4-5H2,1-3H3. The molecule has 0 radical (unpaired) electrons.